The number of nitrogens with zero attached hydrogens (tertiary/aromatic N) is 3. The van der Waals surface area contributed by atoms with E-state index in [1.54, 1.807) is 23.1 Å². The quantitative estimate of drug-likeness (QED) is 0.634. The van der Waals surface area contributed by atoms with E-state index in [1.807, 2.05) is 54.6 Å². The van der Waals surface area contributed by atoms with Gasteiger partial charge in [-0.15, -0.1) is 0 Å². The number of benzene rings is 3. The van der Waals surface area contributed by atoms with Crippen LogP contribution in [0.5, 0.6) is 0 Å². The van der Waals surface area contributed by atoms with Gasteiger partial charge >= 0.3 is 0 Å². The Hall–Kier alpha value is -3.47. The molecule has 0 saturated carbocycles. The van der Waals surface area contributed by atoms with Crippen LogP contribution < -0.4 is 0 Å². The van der Waals surface area contributed by atoms with Gasteiger partial charge in [0.1, 0.15) is 6.07 Å². The zero-order valence-corrected chi connectivity index (χ0v) is 17.6. The topological polar surface area (TPSA) is 81.5 Å². The minimum atomic E-state index is -3.80. The summed E-state index contributed by atoms with van der Waals surface area (Å²) in [6.07, 6.45) is 0. The molecule has 156 valence electrons. The van der Waals surface area contributed by atoms with Gasteiger partial charge in [0.05, 0.1) is 10.5 Å². The first-order valence-electron chi connectivity index (χ1n) is 9.95. The zero-order valence-electron chi connectivity index (χ0n) is 16.8. The van der Waals surface area contributed by atoms with E-state index in [9.17, 15) is 18.5 Å². The second kappa shape index (κ2) is 8.72. The third-order valence-electron chi connectivity index (χ3n) is 5.39. The van der Waals surface area contributed by atoms with E-state index in [0.717, 1.165) is 11.1 Å². The highest BCUT2D eigenvalue weighted by atomic mass is 32.2. The minimum Gasteiger partial charge on any atom is -0.336 e. The van der Waals surface area contributed by atoms with E-state index in [2.05, 4.69) is 0 Å². The van der Waals surface area contributed by atoms with Crippen molar-refractivity contribution in [3.05, 3.63) is 90.0 Å². The average Bonchev–Trinajstić information content (AvgIpc) is 2.84. The number of carbonyl (C=O) groups excluding carboxylic acids is 1. The van der Waals surface area contributed by atoms with Crippen LogP contribution in [0, 0.1) is 11.3 Å². The smallest absolute Gasteiger partial charge is 0.254 e. The Morgan fingerprint density at radius 1 is 0.806 bits per heavy atom. The first kappa shape index (κ1) is 20.8. The van der Waals surface area contributed by atoms with Crippen molar-refractivity contribution in [2.24, 2.45) is 0 Å². The maximum absolute atomic E-state index is 13.2. The van der Waals surface area contributed by atoms with Crippen LogP contribution in [0.4, 0.5) is 0 Å². The Bertz CT molecular complexity index is 1240. The molecule has 3 aromatic carbocycles. The molecule has 1 saturated heterocycles. The first-order valence-corrected chi connectivity index (χ1v) is 11.4. The van der Waals surface area contributed by atoms with E-state index in [1.165, 1.54) is 16.4 Å². The Morgan fingerprint density at radius 3 is 2.13 bits per heavy atom. The van der Waals surface area contributed by atoms with Crippen LogP contribution in [0.2, 0.25) is 0 Å². The van der Waals surface area contributed by atoms with Crippen molar-refractivity contribution < 1.29 is 13.2 Å². The monoisotopic (exact) mass is 431 g/mol. The van der Waals surface area contributed by atoms with Gasteiger partial charge in [0.25, 0.3) is 5.91 Å². The summed E-state index contributed by atoms with van der Waals surface area (Å²) in [6.45, 7) is 0.939. The van der Waals surface area contributed by atoms with Crippen molar-refractivity contribution >= 4 is 15.9 Å². The van der Waals surface area contributed by atoms with Gasteiger partial charge in [0, 0.05) is 31.7 Å². The molecule has 1 aliphatic rings. The Labute approximate surface area is 182 Å². The van der Waals surface area contributed by atoms with Crippen LogP contribution in [0.1, 0.15) is 15.9 Å². The third kappa shape index (κ3) is 4.08. The Balaban J connectivity index is 1.53. The molecule has 1 fully saturated rings. The van der Waals surface area contributed by atoms with Crippen molar-refractivity contribution in [3.8, 4) is 17.2 Å². The van der Waals surface area contributed by atoms with Gasteiger partial charge in [-0.05, 0) is 29.3 Å². The Morgan fingerprint density at radius 2 is 1.42 bits per heavy atom. The predicted octanol–water partition coefficient (Wildman–Crippen LogP) is 3.37. The highest BCUT2D eigenvalue weighted by Crippen LogP contribution is 2.26. The van der Waals surface area contributed by atoms with Gasteiger partial charge in [0.15, 0.2) is 0 Å². The van der Waals surface area contributed by atoms with Gasteiger partial charge < -0.3 is 4.90 Å². The molecule has 0 unspecified atom stereocenters. The molecule has 7 heteroatoms. The molecule has 0 spiro atoms. The predicted molar refractivity (Wildman–Crippen MR) is 118 cm³/mol. The fourth-order valence-corrected chi connectivity index (χ4v) is 5.33. The molecule has 1 heterocycles. The second-order valence-electron chi connectivity index (χ2n) is 7.22. The van der Waals surface area contributed by atoms with Gasteiger partial charge in [-0.2, -0.15) is 9.57 Å². The number of sulfonamides is 1. The van der Waals surface area contributed by atoms with E-state index in [-0.39, 0.29) is 42.5 Å². The lowest BCUT2D eigenvalue weighted by Gasteiger charge is -2.34. The van der Waals surface area contributed by atoms with E-state index in [0.29, 0.717) is 5.56 Å². The van der Waals surface area contributed by atoms with Crippen LogP contribution in [0.25, 0.3) is 11.1 Å². The fourth-order valence-electron chi connectivity index (χ4n) is 3.76. The number of amides is 1. The van der Waals surface area contributed by atoms with Gasteiger partial charge in [0.2, 0.25) is 10.0 Å². The van der Waals surface area contributed by atoms with Gasteiger partial charge in [-0.25, -0.2) is 8.42 Å². The van der Waals surface area contributed by atoms with E-state index >= 15 is 0 Å². The molecule has 4 rings (SSSR count). The summed E-state index contributed by atoms with van der Waals surface area (Å²) in [5, 5.41) is 9.26. The highest BCUT2D eigenvalue weighted by molar-refractivity contribution is 7.89. The van der Waals surface area contributed by atoms with Crippen molar-refractivity contribution in [1.82, 2.24) is 9.21 Å². The number of hydrogen-bond acceptors (Lipinski definition) is 4. The Kier molecular flexibility index (Phi) is 5.85. The standard InChI is InChI=1S/C24H21N3O3S/c25-18-20-10-4-7-13-23(20)31(29,30)27-16-14-26(15-17-27)24(28)22-12-6-5-11-21(22)19-8-2-1-3-9-19/h1-13H,14-17H2. The first-order chi connectivity index (χ1) is 15.0. The number of piperazine rings is 1. The summed E-state index contributed by atoms with van der Waals surface area (Å²) < 4.78 is 27.4. The maximum Gasteiger partial charge on any atom is 0.254 e. The minimum absolute atomic E-state index is 0.00620. The highest BCUT2D eigenvalue weighted by Gasteiger charge is 2.32. The molecule has 0 aromatic heterocycles. The summed E-state index contributed by atoms with van der Waals surface area (Å²) in [5.74, 6) is -0.117. The fraction of sp³-hybridized carbons (Fsp3) is 0.167. The molecular formula is C24H21N3O3S. The molecule has 0 aliphatic carbocycles. The van der Waals surface area contributed by atoms with Crippen molar-refractivity contribution in [2.75, 3.05) is 26.2 Å². The zero-order chi connectivity index (χ0) is 21.8. The van der Waals surface area contributed by atoms with E-state index in [4.69, 9.17) is 0 Å². The summed E-state index contributed by atoms with van der Waals surface area (Å²) in [6, 6.07) is 25.3. The SMILES string of the molecule is N#Cc1ccccc1S(=O)(=O)N1CCN(C(=O)c2ccccc2-c2ccccc2)CC1. The van der Waals surface area contributed by atoms with Crippen LogP contribution in [0.3, 0.4) is 0 Å². The van der Waals surface area contributed by atoms with Crippen molar-refractivity contribution in [3.63, 3.8) is 0 Å². The van der Waals surface area contributed by atoms with Crippen molar-refractivity contribution in [1.29, 1.82) is 5.26 Å². The lowest BCUT2D eigenvalue weighted by atomic mass is 9.99. The molecule has 1 amide bonds. The molecule has 0 radical (unpaired) electrons. The number of rotatable bonds is 4. The normalized spacial score (nSPS) is 14.7. The molecule has 6 nitrogen and oxygen atoms in total. The molecule has 1 aliphatic heterocycles. The average molecular weight is 432 g/mol. The van der Waals surface area contributed by atoms with Crippen LogP contribution >= 0.6 is 0 Å². The number of nitriles is 1. The summed E-state index contributed by atoms with van der Waals surface area (Å²) in [5.41, 5.74) is 2.53. The lowest BCUT2D eigenvalue weighted by molar-refractivity contribution is 0.0698. The van der Waals surface area contributed by atoms with Crippen LogP contribution in [-0.2, 0) is 10.0 Å². The molecule has 3 aromatic rings. The number of carbonyl (C=O) groups is 1. The lowest BCUT2D eigenvalue weighted by Crippen LogP contribution is -2.50. The van der Waals surface area contributed by atoms with Crippen molar-refractivity contribution in [2.45, 2.75) is 4.90 Å². The number of hydrogen-bond donors (Lipinski definition) is 0. The van der Waals surface area contributed by atoms with Crippen LogP contribution in [0.15, 0.2) is 83.8 Å². The summed E-state index contributed by atoms with van der Waals surface area (Å²) in [7, 11) is -3.80. The third-order valence-corrected chi connectivity index (χ3v) is 7.35. The molecular weight excluding hydrogens is 410 g/mol. The maximum atomic E-state index is 13.2. The van der Waals surface area contributed by atoms with Gasteiger partial charge in [-0.3, -0.25) is 4.79 Å². The summed E-state index contributed by atoms with van der Waals surface area (Å²) in [4.78, 5) is 14.9. The molecule has 0 atom stereocenters. The van der Waals surface area contributed by atoms with E-state index < -0.39 is 10.0 Å². The van der Waals surface area contributed by atoms with Gasteiger partial charge in [-0.1, -0.05) is 60.7 Å². The molecule has 0 bridgehead atoms. The largest absolute Gasteiger partial charge is 0.336 e. The second-order valence-corrected chi connectivity index (χ2v) is 9.12. The molecule has 31 heavy (non-hydrogen) atoms. The van der Waals surface area contributed by atoms with Crippen LogP contribution in [-0.4, -0.2) is 49.7 Å². The molecule has 0 N–H and O–H groups in total. The summed E-state index contributed by atoms with van der Waals surface area (Å²) >= 11 is 0.